The van der Waals surface area contributed by atoms with Gasteiger partial charge in [0.15, 0.2) is 0 Å². The molecule has 0 atom stereocenters. The Morgan fingerprint density at radius 2 is 2.00 bits per heavy atom. The average Bonchev–Trinajstić information content (AvgIpc) is 2.62. The smallest absolute Gasteiger partial charge is 0.262 e. The van der Waals surface area contributed by atoms with E-state index in [1.165, 1.54) is 0 Å². The number of nitrogens with zero attached hydrogens (tertiary/aromatic N) is 2. The molecule has 0 heterocycles. The Balaban J connectivity index is 2.39. The second kappa shape index (κ2) is 8.25. The van der Waals surface area contributed by atoms with E-state index >= 15 is 0 Å². The highest BCUT2D eigenvalue weighted by Crippen LogP contribution is 2.28. The van der Waals surface area contributed by atoms with Crippen molar-refractivity contribution < 1.29 is 9.53 Å². The molecule has 0 radical (unpaired) electrons. The maximum absolute atomic E-state index is 13.0. The number of benzene rings is 2. The summed E-state index contributed by atoms with van der Waals surface area (Å²) in [6.07, 6.45) is 2.24. The molecule has 0 aliphatic heterocycles. The quantitative estimate of drug-likeness (QED) is 0.754. The van der Waals surface area contributed by atoms with Crippen molar-refractivity contribution in [2.75, 3.05) is 24.8 Å². The number of methoxy groups -OCH3 is 1. The van der Waals surface area contributed by atoms with E-state index in [-0.39, 0.29) is 12.3 Å². The monoisotopic (exact) mass is 326 g/mol. The summed E-state index contributed by atoms with van der Waals surface area (Å²) in [5.74, 6) is 0.371. The molecular weight excluding hydrogens is 308 g/mol. The Labute approximate surface area is 140 Å². The minimum Gasteiger partial charge on any atom is -0.496 e. The Morgan fingerprint density at radius 1 is 1.26 bits per heavy atom. The molecule has 2 rings (SSSR count). The second-order valence-electron chi connectivity index (χ2n) is 4.77. The Kier molecular flexibility index (Phi) is 6.07. The van der Waals surface area contributed by atoms with Gasteiger partial charge in [0.25, 0.3) is 5.91 Å². The fourth-order valence-corrected chi connectivity index (χ4v) is 2.67. The summed E-state index contributed by atoms with van der Waals surface area (Å²) in [5, 5.41) is 8.87. The summed E-state index contributed by atoms with van der Waals surface area (Å²) < 4.78 is 5.37. The standard InChI is InChI=1S/C18H18N2O2S/c1-22-17-13-15(23-2)9-10-16(17)18(21)20(12-6-11-19)14-7-4-3-5-8-14/h3-5,7-10,13H,6,12H2,1-2H3. The van der Waals surface area contributed by atoms with Gasteiger partial charge < -0.3 is 9.64 Å². The molecule has 23 heavy (non-hydrogen) atoms. The lowest BCUT2D eigenvalue weighted by atomic mass is 10.1. The first-order valence-electron chi connectivity index (χ1n) is 7.17. The lowest BCUT2D eigenvalue weighted by Crippen LogP contribution is -2.32. The molecule has 4 nitrogen and oxygen atoms in total. The number of rotatable bonds is 6. The zero-order valence-electron chi connectivity index (χ0n) is 13.2. The predicted octanol–water partition coefficient (Wildman–Crippen LogP) is 3.98. The lowest BCUT2D eigenvalue weighted by Gasteiger charge is -2.23. The molecule has 0 aliphatic carbocycles. The van der Waals surface area contributed by atoms with Crippen LogP contribution in [0.25, 0.3) is 0 Å². The van der Waals surface area contributed by atoms with Gasteiger partial charge in [-0.05, 0) is 36.6 Å². The molecule has 0 N–H and O–H groups in total. The molecule has 0 unspecified atom stereocenters. The molecule has 2 aromatic rings. The largest absolute Gasteiger partial charge is 0.496 e. The first-order chi connectivity index (χ1) is 11.2. The van der Waals surface area contributed by atoms with Crippen molar-refractivity contribution in [3.8, 4) is 11.8 Å². The third-order valence-corrected chi connectivity index (χ3v) is 4.12. The summed E-state index contributed by atoms with van der Waals surface area (Å²) in [7, 11) is 1.55. The highest BCUT2D eigenvalue weighted by molar-refractivity contribution is 7.98. The fourth-order valence-electron chi connectivity index (χ4n) is 2.24. The third kappa shape index (κ3) is 4.05. The number of hydrogen-bond acceptors (Lipinski definition) is 4. The first kappa shape index (κ1) is 16.9. The number of amides is 1. The van der Waals surface area contributed by atoms with E-state index in [0.29, 0.717) is 17.9 Å². The van der Waals surface area contributed by atoms with Gasteiger partial charge in [-0.15, -0.1) is 11.8 Å². The van der Waals surface area contributed by atoms with Gasteiger partial charge in [-0.1, -0.05) is 18.2 Å². The molecule has 0 aliphatic rings. The van der Waals surface area contributed by atoms with E-state index in [4.69, 9.17) is 10.00 Å². The van der Waals surface area contributed by atoms with Crippen LogP contribution >= 0.6 is 11.8 Å². The Hall–Kier alpha value is -2.45. The lowest BCUT2D eigenvalue weighted by molar-refractivity contribution is 0.0984. The summed E-state index contributed by atoms with van der Waals surface area (Å²) in [5.41, 5.74) is 1.26. The number of carbonyl (C=O) groups is 1. The van der Waals surface area contributed by atoms with Gasteiger partial charge >= 0.3 is 0 Å². The van der Waals surface area contributed by atoms with Crippen LogP contribution in [-0.2, 0) is 0 Å². The van der Waals surface area contributed by atoms with Gasteiger partial charge in [-0.2, -0.15) is 5.26 Å². The molecule has 0 aromatic heterocycles. The van der Waals surface area contributed by atoms with Gasteiger partial charge in [0.2, 0.25) is 0 Å². The zero-order valence-corrected chi connectivity index (χ0v) is 14.0. The van der Waals surface area contributed by atoms with Crippen molar-refractivity contribution in [1.82, 2.24) is 0 Å². The number of nitriles is 1. The molecule has 1 amide bonds. The van der Waals surface area contributed by atoms with Crippen molar-refractivity contribution in [1.29, 1.82) is 5.26 Å². The van der Waals surface area contributed by atoms with Gasteiger partial charge in [0, 0.05) is 17.1 Å². The van der Waals surface area contributed by atoms with Gasteiger partial charge in [0.05, 0.1) is 25.2 Å². The number of para-hydroxylation sites is 1. The minimum absolute atomic E-state index is 0.170. The van der Waals surface area contributed by atoms with Crippen LogP contribution in [0.4, 0.5) is 5.69 Å². The number of anilines is 1. The van der Waals surface area contributed by atoms with Crippen LogP contribution in [0.2, 0.25) is 0 Å². The van der Waals surface area contributed by atoms with E-state index in [1.54, 1.807) is 29.8 Å². The van der Waals surface area contributed by atoms with Crippen LogP contribution in [0.3, 0.4) is 0 Å². The number of hydrogen-bond donors (Lipinski definition) is 0. The summed E-state index contributed by atoms with van der Waals surface area (Å²) in [4.78, 5) is 15.6. The maximum atomic E-state index is 13.0. The van der Waals surface area contributed by atoms with Crippen LogP contribution < -0.4 is 9.64 Å². The molecular formula is C18H18N2O2S. The highest BCUT2D eigenvalue weighted by Gasteiger charge is 2.21. The topological polar surface area (TPSA) is 53.3 Å². The molecule has 118 valence electrons. The van der Waals surface area contributed by atoms with Crippen molar-refractivity contribution in [3.05, 3.63) is 54.1 Å². The molecule has 0 saturated carbocycles. The summed E-state index contributed by atoms with van der Waals surface area (Å²) in [6, 6.07) is 17.0. The van der Waals surface area contributed by atoms with Crippen LogP contribution in [-0.4, -0.2) is 25.8 Å². The van der Waals surface area contributed by atoms with E-state index in [2.05, 4.69) is 6.07 Å². The molecule has 0 fully saturated rings. The highest BCUT2D eigenvalue weighted by atomic mass is 32.2. The van der Waals surface area contributed by atoms with Gasteiger partial charge in [0.1, 0.15) is 5.75 Å². The van der Waals surface area contributed by atoms with E-state index in [0.717, 1.165) is 10.6 Å². The summed E-state index contributed by atoms with van der Waals surface area (Å²) in [6.45, 7) is 0.340. The maximum Gasteiger partial charge on any atom is 0.262 e. The van der Waals surface area contributed by atoms with E-state index in [9.17, 15) is 4.79 Å². The van der Waals surface area contributed by atoms with Crippen molar-refractivity contribution in [3.63, 3.8) is 0 Å². The van der Waals surface area contributed by atoms with Crippen LogP contribution in [0, 0.1) is 11.3 Å². The molecule has 2 aromatic carbocycles. The van der Waals surface area contributed by atoms with Crippen LogP contribution in [0.5, 0.6) is 5.75 Å². The molecule has 0 spiro atoms. The molecule has 0 bridgehead atoms. The average molecular weight is 326 g/mol. The third-order valence-electron chi connectivity index (χ3n) is 3.40. The number of carbonyl (C=O) groups excluding carboxylic acids is 1. The number of ether oxygens (including phenoxy) is 1. The fraction of sp³-hybridized carbons (Fsp3) is 0.222. The second-order valence-corrected chi connectivity index (χ2v) is 5.65. The van der Waals surface area contributed by atoms with E-state index in [1.807, 2.05) is 48.7 Å². The normalized spacial score (nSPS) is 9.96. The van der Waals surface area contributed by atoms with Crippen molar-refractivity contribution >= 4 is 23.4 Å². The van der Waals surface area contributed by atoms with Crippen molar-refractivity contribution in [2.24, 2.45) is 0 Å². The van der Waals surface area contributed by atoms with Crippen LogP contribution in [0.15, 0.2) is 53.4 Å². The zero-order chi connectivity index (χ0) is 16.7. The Bertz CT molecular complexity index is 711. The first-order valence-corrected chi connectivity index (χ1v) is 8.39. The SMILES string of the molecule is COc1cc(SC)ccc1C(=O)N(CCC#N)c1ccccc1. The Morgan fingerprint density at radius 3 is 2.61 bits per heavy atom. The van der Waals surface area contributed by atoms with E-state index < -0.39 is 0 Å². The summed E-state index contributed by atoms with van der Waals surface area (Å²) >= 11 is 1.59. The van der Waals surface area contributed by atoms with Gasteiger partial charge in [-0.3, -0.25) is 4.79 Å². The predicted molar refractivity (Wildman–Crippen MR) is 93.1 cm³/mol. The minimum atomic E-state index is -0.170. The van der Waals surface area contributed by atoms with Crippen LogP contribution in [0.1, 0.15) is 16.8 Å². The van der Waals surface area contributed by atoms with Crippen molar-refractivity contribution in [2.45, 2.75) is 11.3 Å². The number of thioether (sulfide) groups is 1. The molecule has 5 heteroatoms. The molecule has 0 saturated heterocycles. The van der Waals surface area contributed by atoms with Gasteiger partial charge in [-0.25, -0.2) is 0 Å².